The van der Waals surface area contributed by atoms with Crippen molar-refractivity contribution in [1.82, 2.24) is 0 Å². The fraction of sp³-hybridized carbons (Fsp3) is 0.0588. The molecule has 0 aliphatic rings. The molecule has 0 saturated carbocycles. The van der Waals surface area contributed by atoms with Gasteiger partial charge in [-0.05, 0) is 30.4 Å². The Morgan fingerprint density at radius 2 is 1.91 bits per heavy atom. The highest BCUT2D eigenvalue weighted by atomic mass is 32.1. The summed E-state index contributed by atoms with van der Waals surface area (Å²) in [6, 6.07) is 10.3. The second-order valence-corrected chi connectivity index (χ2v) is 5.39. The monoisotopic (exact) mass is 314 g/mol. The molecule has 0 radical (unpaired) electrons. The Bertz CT molecular complexity index is 728. The number of rotatable bonds is 7. The maximum absolute atomic E-state index is 12.1. The van der Waals surface area contributed by atoms with Crippen LogP contribution in [0.4, 0.5) is 0 Å². The number of benzene rings is 1. The smallest absolute Gasteiger partial charge is 0.345 e. The van der Waals surface area contributed by atoms with Crippen molar-refractivity contribution < 1.29 is 19.4 Å². The van der Waals surface area contributed by atoms with Gasteiger partial charge < -0.3 is 9.84 Å². The SMILES string of the molecule is C=CCOc1ccccc1/C=C/C(=O)c1ccc(C(=O)O)s1. The molecule has 0 amide bonds. The standard InChI is InChI=1S/C17H14O4S/c1-2-11-21-14-6-4-3-5-12(14)7-8-13(18)15-9-10-16(22-15)17(19)20/h2-10H,1,11H2,(H,19,20)/b8-7+. The summed E-state index contributed by atoms with van der Waals surface area (Å²) in [6.45, 7) is 3.97. The van der Waals surface area contributed by atoms with E-state index in [0.29, 0.717) is 17.2 Å². The lowest BCUT2D eigenvalue weighted by Crippen LogP contribution is -1.95. The molecule has 1 heterocycles. The van der Waals surface area contributed by atoms with E-state index in [2.05, 4.69) is 6.58 Å². The Labute approximate surface area is 132 Å². The van der Waals surface area contributed by atoms with Crippen molar-refractivity contribution in [2.45, 2.75) is 0 Å². The van der Waals surface area contributed by atoms with E-state index in [-0.39, 0.29) is 10.7 Å². The van der Waals surface area contributed by atoms with Crippen molar-refractivity contribution in [3.63, 3.8) is 0 Å². The zero-order chi connectivity index (χ0) is 15.9. The van der Waals surface area contributed by atoms with Crippen molar-refractivity contribution in [3.8, 4) is 5.75 Å². The Kier molecular flexibility index (Phi) is 5.27. The summed E-state index contributed by atoms with van der Waals surface area (Å²) < 4.78 is 5.50. The summed E-state index contributed by atoms with van der Waals surface area (Å²) in [7, 11) is 0. The fourth-order valence-corrected chi connectivity index (χ4v) is 2.50. The van der Waals surface area contributed by atoms with E-state index in [1.807, 2.05) is 18.2 Å². The molecule has 0 fully saturated rings. The van der Waals surface area contributed by atoms with Crippen molar-refractivity contribution in [2.24, 2.45) is 0 Å². The minimum absolute atomic E-state index is 0.145. The molecule has 1 aromatic carbocycles. The van der Waals surface area contributed by atoms with Gasteiger partial charge >= 0.3 is 5.97 Å². The molecule has 2 rings (SSSR count). The normalized spacial score (nSPS) is 10.5. The van der Waals surface area contributed by atoms with Gasteiger partial charge in [-0.3, -0.25) is 4.79 Å². The molecule has 0 spiro atoms. The van der Waals surface area contributed by atoms with Crippen molar-refractivity contribution in [2.75, 3.05) is 6.61 Å². The Balaban J connectivity index is 2.15. The van der Waals surface area contributed by atoms with Crippen LogP contribution in [0.2, 0.25) is 0 Å². The van der Waals surface area contributed by atoms with Gasteiger partial charge in [0.1, 0.15) is 17.2 Å². The predicted molar refractivity (Wildman–Crippen MR) is 86.8 cm³/mol. The van der Waals surface area contributed by atoms with Gasteiger partial charge in [-0.15, -0.1) is 11.3 Å². The molecule has 0 unspecified atom stereocenters. The third-order valence-corrected chi connectivity index (χ3v) is 3.84. The van der Waals surface area contributed by atoms with Crippen molar-refractivity contribution >= 4 is 29.2 Å². The summed E-state index contributed by atoms with van der Waals surface area (Å²) in [5.74, 6) is -0.615. The lowest BCUT2D eigenvalue weighted by molar-refractivity contribution is 0.0702. The average Bonchev–Trinajstić information content (AvgIpc) is 3.01. The van der Waals surface area contributed by atoms with Crippen LogP contribution in [0.3, 0.4) is 0 Å². The predicted octanol–water partition coefficient (Wildman–Crippen LogP) is 3.91. The molecular formula is C17H14O4S. The zero-order valence-corrected chi connectivity index (χ0v) is 12.5. The molecule has 22 heavy (non-hydrogen) atoms. The number of allylic oxidation sites excluding steroid dienone is 1. The Hall–Kier alpha value is -2.66. The minimum atomic E-state index is -1.03. The van der Waals surface area contributed by atoms with Gasteiger partial charge in [0.15, 0.2) is 5.78 Å². The van der Waals surface area contributed by atoms with Crippen LogP contribution in [0, 0.1) is 0 Å². The van der Waals surface area contributed by atoms with E-state index in [1.54, 1.807) is 18.2 Å². The molecule has 1 aromatic heterocycles. The van der Waals surface area contributed by atoms with Crippen molar-refractivity contribution in [3.05, 3.63) is 70.4 Å². The fourth-order valence-electron chi connectivity index (χ4n) is 1.73. The number of ether oxygens (including phenoxy) is 1. The summed E-state index contributed by atoms with van der Waals surface area (Å²) >= 11 is 0.957. The molecule has 0 atom stereocenters. The second-order valence-electron chi connectivity index (χ2n) is 4.30. The molecule has 112 valence electrons. The first-order valence-corrected chi connectivity index (χ1v) is 7.31. The third kappa shape index (κ3) is 3.93. The van der Waals surface area contributed by atoms with E-state index in [0.717, 1.165) is 16.9 Å². The van der Waals surface area contributed by atoms with Gasteiger partial charge in [0.05, 0.1) is 4.88 Å². The van der Waals surface area contributed by atoms with E-state index >= 15 is 0 Å². The van der Waals surface area contributed by atoms with Gasteiger partial charge in [-0.25, -0.2) is 4.79 Å². The van der Waals surface area contributed by atoms with Crippen LogP contribution in [0.15, 0.2) is 55.1 Å². The molecule has 5 heteroatoms. The van der Waals surface area contributed by atoms with Gasteiger partial charge in [-0.1, -0.05) is 30.9 Å². The summed E-state index contributed by atoms with van der Waals surface area (Å²) in [6.07, 6.45) is 4.71. The Morgan fingerprint density at radius 1 is 1.18 bits per heavy atom. The zero-order valence-electron chi connectivity index (χ0n) is 11.7. The van der Waals surface area contributed by atoms with Crippen LogP contribution in [-0.4, -0.2) is 23.5 Å². The average molecular weight is 314 g/mol. The summed E-state index contributed by atoms with van der Waals surface area (Å²) in [5, 5.41) is 8.86. The van der Waals surface area contributed by atoms with Crippen LogP contribution < -0.4 is 4.74 Å². The third-order valence-electron chi connectivity index (χ3n) is 2.75. The van der Waals surface area contributed by atoms with Crippen LogP contribution >= 0.6 is 11.3 Å². The van der Waals surface area contributed by atoms with E-state index in [9.17, 15) is 9.59 Å². The highest BCUT2D eigenvalue weighted by Crippen LogP contribution is 2.21. The molecule has 1 N–H and O–H groups in total. The van der Waals surface area contributed by atoms with Crippen molar-refractivity contribution in [1.29, 1.82) is 0 Å². The lowest BCUT2D eigenvalue weighted by atomic mass is 10.1. The molecule has 0 saturated heterocycles. The van der Waals surface area contributed by atoms with Crippen LogP contribution in [-0.2, 0) is 0 Å². The van der Waals surface area contributed by atoms with Gasteiger partial charge in [0.2, 0.25) is 0 Å². The number of carbonyl (C=O) groups excluding carboxylic acids is 1. The highest BCUT2D eigenvalue weighted by Gasteiger charge is 2.11. The van der Waals surface area contributed by atoms with Gasteiger partial charge in [0.25, 0.3) is 0 Å². The quantitative estimate of drug-likeness (QED) is 0.478. The van der Waals surface area contributed by atoms with Gasteiger partial charge in [-0.2, -0.15) is 0 Å². The first kappa shape index (κ1) is 15.7. The highest BCUT2D eigenvalue weighted by molar-refractivity contribution is 7.16. The maximum Gasteiger partial charge on any atom is 0.345 e. The Morgan fingerprint density at radius 3 is 2.59 bits per heavy atom. The number of thiophene rings is 1. The van der Waals surface area contributed by atoms with Crippen LogP contribution in [0.5, 0.6) is 5.75 Å². The van der Waals surface area contributed by atoms with E-state index < -0.39 is 5.97 Å². The maximum atomic E-state index is 12.1. The number of carbonyl (C=O) groups is 2. The summed E-state index contributed by atoms with van der Waals surface area (Å²) in [4.78, 5) is 23.4. The number of carboxylic acids is 1. The topological polar surface area (TPSA) is 63.6 Å². The number of hydrogen-bond donors (Lipinski definition) is 1. The first-order valence-electron chi connectivity index (χ1n) is 6.50. The first-order chi connectivity index (χ1) is 10.6. The molecule has 4 nitrogen and oxygen atoms in total. The van der Waals surface area contributed by atoms with Crippen LogP contribution in [0.1, 0.15) is 24.9 Å². The van der Waals surface area contributed by atoms with Crippen LogP contribution in [0.25, 0.3) is 6.08 Å². The lowest BCUT2D eigenvalue weighted by Gasteiger charge is -2.06. The molecule has 0 bridgehead atoms. The second kappa shape index (κ2) is 7.38. The number of hydrogen-bond acceptors (Lipinski definition) is 4. The van der Waals surface area contributed by atoms with E-state index in [4.69, 9.17) is 9.84 Å². The number of para-hydroxylation sites is 1. The van der Waals surface area contributed by atoms with E-state index in [1.165, 1.54) is 18.2 Å². The minimum Gasteiger partial charge on any atom is -0.489 e. The number of aromatic carboxylic acids is 1. The van der Waals surface area contributed by atoms with Gasteiger partial charge in [0, 0.05) is 5.56 Å². The molecule has 0 aliphatic carbocycles. The number of carboxylic acid groups (broad SMARTS) is 1. The molecule has 2 aromatic rings. The molecular weight excluding hydrogens is 300 g/mol. The summed E-state index contributed by atoms with van der Waals surface area (Å²) in [5.41, 5.74) is 0.771. The number of ketones is 1. The molecule has 0 aliphatic heterocycles. The largest absolute Gasteiger partial charge is 0.489 e.